The van der Waals surface area contributed by atoms with Gasteiger partial charge in [0.25, 0.3) is 0 Å². The van der Waals surface area contributed by atoms with Crippen molar-refractivity contribution in [1.29, 1.82) is 0 Å². The van der Waals surface area contributed by atoms with Crippen molar-refractivity contribution in [2.45, 2.75) is 12.2 Å². The van der Waals surface area contributed by atoms with Crippen LogP contribution in [0.25, 0.3) is 0 Å². The molecule has 2 atom stereocenters. The van der Waals surface area contributed by atoms with Crippen LogP contribution in [0, 0.1) is 0 Å². The third-order valence-electron chi connectivity index (χ3n) is 1.91. The Morgan fingerprint density at radius 1 is 1.43 bits per heavy atom. The van der Waals surface area contributed by atoms with E-state index < -0.39 is 28.6 Å². The van der Waals surface area contributed by atoms with Crippen LogP contribution < -0.4 is 5.32 Å². The fourth-order valence-electron chi connectivity index (χ4n) is 0.961. The summed E-state index contributed by atoms with van der Waals surface area (Å²) < 4.78 is 11.0. The number of rotatable bonds is 3. The summed E-state index contributed by atoms with van der Waals surface area (Å²) in [7, 11) is -1.13. The maximum atomic E-state index is 11.1. The first-order valence-electron chi connectivity index (χ1n) is 3.92. The summed E-state index contributed by atoms with van der Waals surface area (Å²) >= 11 is 0. The van der Waals surface area contributed by atoms with E-state index in [-0.39, 0.29) is 11.8 Å². The summed E-state index contributed by atoms with van der Waals surface area (Å²) in [6.45, 7) is 1.64. The number of hydrogen-bond acceptors (Lipinski definition) is 4. The van der Waals surface area contributed by atoms with Crippen molar-refractivity contribution in [3.8, 4) is 0 Å². The second-order valence-corrected chi connectivity index (χ2v) is 4.79. The molecule has 4 amide bonds. The predicted molar refractivity (Wildman–Crippen MR) is 48.8 cm³/mol. The van der Waals surface area contributed by atoms with Crippen LogP contribution in [0.3, 0.4) is 0 Å². The van der Waals surface area contributed by atoms with Crippen molar-refractivity contribution < 1.29 is 18.6 Å². The van der Waals surface area contributed by atoms with E-state index >= 15 is 0 Å². The van der Waals surface area contributed by atoms with Gasteiger partial charge in [-0.25, -0.2) is 4.79 Å². The second-order valence-electron chi connectivity index (χ2n) is 2.98. The van der Waals surface area contributed by atoms with Gasteiger partial charge in [0.2, 0.25) is 0 Å². The van der Waals surface area contributed by atoms with Crippen molar-refractivity contribution in [3.63, 3.8) is 0 Å². The first kappa shape index (κ1) is 10.8. The Morgan fingerprint density at radius 2 is 2.00 bits per heavy atom. The van der Waals surface area contributed by atoms with E-state index in [2.05, 4.69) is 0 Å². The lowest BCUT2D eigenvalue weighted by atomic mass is 10.4. The minimum absolute atomic E-state index is 0.000478. The quantitative estimate of drug-likeness (QED) is 0.478. The van der Waals surface area contributed by atoms with Gasteiger partial charge in [0.15, 0.2) is 0 Å². The molecular weight excluding hydrogens is 208 g/mol. The van der Waals surface area contributed by atoms with Gasteiger partial charge in [-0.3, -0.25) is 24.0 Å². The zero-order valence-electron chi connectivity index (χ0n) is 7.77. The normalized spacial score (nSPS) is 21.0. The van der Waals surface area contributed by atoms with Crippen LogP contribution in [0.4, 0.5) is 4.79 Å². The van der Waals surface area contributed by atoms with Crippen LogP contribution in [0.5, 0.6) is 0 Å². The van der Waals surface area contributed by atoms with E-state index in [4.69, 9.17) is 0 Å². The van der Waals surface area contributed by atoms with E-state index in [9.17, 15) is 18.6 Å². The lowest BCUT2D eigenvalue weighted by molar-refractivity contribution is -0.140. The van der Waals surface area contributed by atoms with Gasteiger partial charge in [-0.2, -0.15) is 0 Å². The molecule has 1 saturated heterocycles. The highest BCUT2D eigenvalue weighted by molar-refractivity contribution is 7.84. The number of amides is 4. The van der Waals surface area contributed by atoms with Gasteiger partial charge in [0.1, 0.15) is 0 Å². The van der Waals surface area contributed by atoms with Gasteiger partial charge < -0.3 is 0 Å². The highest BCUT2D eigenvalue weighted by atomic mass is 32.2. The summed E-state index contributed by atoms with van der Waals surface area (Å²) in [5.41, 5.74) is 0. The summed E-state index contributed by atoms with van der Waals surface area (Å²) in [4.78, 5) is 33.6. The average molecular weight is 218 g/mol. The number of nitrogens with zero attached hydrogens (tertiary/aromatic N) is 1. The lowest BCUT2D eigenvalue weighted by Crippen LogP contribution is -2.38. The molecule has 14 heavy (non-hydrogen) atoms. The van der Waals surface area contributed by atoms with Crippen LogP contribution in [-0.2, 0) is 20.4 Å². The maximum Gasteiger partial charge on any atom is 0.331 e. The topological polar surface area (TPSA) is 83.6 Å². The van der Waals surface area contributed by atoms with Crippen LogP contribution in [0.2, 0.25) is 0 Å². The molecule has 1 aliphatic heterocycles. The lowest BCUT2D eigenvalue weighted by Gasteiger charge is -2.14. The van der Waals surface area contributed by atoms with E-state index in [0.717, 1.165) is 4.90 Å². The van der Waals surface area contributed by atoms with Gasteiger partial charge >= 0.3 is 17.8 Å². The van der Waals surface area contributed by atoms with Crippen LogP contribution in [0.1, 0.15) is 6.92 Å². The predicted octanol–water partition coefficient (Wildman–Crippen LogP) is -1.17. The van der Waals surface area contributed by atoms with Gasteiger partial charge in [-0.1, -0.05) is 0 Å². The van der Waals surface area contributed by atoms with Crippen molar-refractivity contribution in [2.75, 3.05) is 12.8 Å². The Labute approximate surface area is 83.1 Å². The van der Waals surface area contributed by atoms with Crippen molar-refractivity contribution >= 4 is 28.6 Å². The standard InChI is InChI=1S/C7H10N2O4S/c1-4(14(2)13)3-9-6(11)5(10)8-7(9)12/h4H,3H2,1-2H3,(H,8,10,12). The van der Waals surface area contributed by atoms with E-state index in [0.29, 0.717) is 0 Å². The molecule has 1 N–H and O–H groups in total. The number of carbonyl (C=O) groups excluding carboxylic acids is 3. The van der Waals surface area contributed by atoms with Gasteiger partial charge in [-0.15, -0.1) is 0 Å². The third-order valence-corrected chi connectivity index (χ3v) is 3.19. The molecule has 1 aliphatic rings. The molecule has 78 valence electrons. The number of carbonyl (C=O) groups is 3. The van der Waals surface area contributed by atoms with E-state index in [1.807, 2.05) is 5.32 Å². The Hall–Kier alpha value is -1.24. The average Bonchev–Trinajstić information content (AvgIpc) is 2.32. The number of hydrogen-bond donors (Lipinski definition) is 1. The second kappa shape index (κ2) is 3.87. The largest absolute Gasteiger partial charge is 0.331 e. The summed E-state index contributed by atoms with van der Waals surface area (Å²) in [6, 6.07) is -0.739. The zero-order chi connectivity index (χ0) is 10.9. The number of urea groups is 1. The van der Waals surface area contributed by atoms with Gasteiger partial charge in [0.05, 0.1) is 0 Å². The Kier molecular flexibility index (Phi) is 3.00. The van der Waals surface area contributed by atoms with Crippen molar-refractivity contribution in [1.82, 2.24) is 10.2 Å². The Balaban J connectivity index is 2.70. The molecule has 0 bridgehead atoms. The molecule has 0 spiro atoms. The van der Waals surface area contributed by atoms with E-state index in [1.165, 1.54) is 6.26 Å². The molecule has 2 unspecified atom stereocenters. The first-order chi connectivity index (χ1) is 6.43. The molecule has 6 nitrogen and oxygen atoms in total. The summed E-state index contributed by atoms with van der Waals surface area (Å²) in [6.07, 6.45) is 1.48. The molecule has 1 rings (SSSR count). The number of imide groups is 2. The van der Waals surface area contributed by atoms with Crippen molar-refractivity contribution in [2.24, 2.45) is 0 Å². The fraction of sp³-hybridized carbons (Fsp3) is 0.571. The molecule has 0 aromatic carbocycles. The first-order valence-corrected chi connectivity index (χ1v) is 5.54. The molecule has 1 fully saturated rings. The SMILES string of the molecule is CC(CN1C(=O)NC(=O)C1=O)S(C)=O. The molecule has 7 heteroatoms. The van der Waals surface area contributed by atoms with Gasteiger partial charge in [0, 0.05) is 28.9 Å². The molecule has 0 aromatic rings. The molecule has 0 aliphatic carbocycles. The third kappa shape index (κ3) is 1.98. The summed E-state index contributed by atoms with van der Waals surface area (Å²) in [5.74, 6) is -1.81. The molecule has 1 heterocycles. The molecular formula is C7H10N2O4S. The number of nitrogens with one attached hydrogen (secondary N) is 1. The van der Waals surface area contributed by atoms with Crippen molar-refractivity contribution in [3.05, 3.63) is 0 Å². The Bertz CT molecular complexity index is 328. The molecule has 0 saturated carbocycles. The highest BCUT2D eigenvalue weighted by Crippen LogP contribution is 2.04. The fourth-order valence-corrected chi connectivity index (χ4v) is 1.32. The molecule has 0 radical (unpaired) electrons. The Morgan fingerprint density at radius 3 is 2.36 bits per heavy atom. The minimum atomic E-state index is -1.13. The maximum absolute atomic E-state index is 11.1. The zero-order valence-corrected chi connectivity index (χ0v) is 8.59. The summed E-state index contributed by atoms with van der Waals surface area (Å²) in [5, 5.41) is 1.52. The molecule has 0 aromatic heterocycles. The van der Waals surface area contributed by atoms with Gasteiger partial charge in [-0.05, 0) is 6.92 Å². The highest BCUT2D eigenvalue weighted by Gasteiger charge is 2.37. The van der Waals surface area contributed by atoms with Crippen LogP contribution >= 0.6 is 0 Å². The van der Waals surface area contributed by atoms with Crippen LogP contribution in [0.15, 0.2) is 0 Å². The smallest absolute Gasteiger partial charge is 0.269 e. The van der Waals surface area contributed by atoms with E-state index in [1.54, 1.807) is 6.92 Å². The monoisotopic (exact) mass is 218 g/mol. The minimum Gasteiger partial charge on any atom is -0.269 e. The van der Waals surface area contributed by atoms with Crippen LogP contribution in [-0.4, -0.2) is 45.0 Å².